The third-order valence-corrected chi connectivity index (χ3v) is 5.64. The molecule has 116 valence electrons. The van der Waals surface area contributed by atoms with E-state index in [0.29, 0.717) is 11.3 Å². The minimum Gasteiger partial charge on any atom is -0.355 e. The summed E-state index contributed by atoms with van der Waals surface area (Å²) in [5, 5.41) is 6.69. The Labute approximate surface area is 124 Å². The second kappa shape index (κ2) is 6.46. The Morgan fingerprint density at radius 3 is 2.55 bits per heavy atom. The summed E-state index contributed by atoms with van der Waals surface area (Å²) in [6.45, 7) is 9.51. The number of hydrogen-bond donors (Lipinski definition) is 2. The lowest BCUT2D eigenvalue weighted by Crippen LogP contribution is -2.49. The van der Waals surface area contributed by atoms with E-state index in [1.807, 2.05) is 0 Å². The van der Waals surface area contributed by atoms with Crippen LogP contribution in [0.25, 0.3) is 0 Å². The molecule has 2 aliphatic rings. The van der Waals surface area contributed by atoms with Gasteiger partial charge in [0.05, 0.1) is 0 Å². The smallest absolute Gasteiger partial charge is 0.226 e. The maximum atomic E-state index is 12.6. The summed E-state index contributed by atoms with van der Waals surface area (Å²) in [6.07, 6.45) is 8.90. The molecule has 0 bridgehead atoms. The van der Waals surface area contributed by atoms with Gasteiger partial charge in [-0.15, -0.1) is 0 Å². The second-order valence-electron chi connectivity index (χ2n) is 7.82. The minimum atomic E-state index is -0.252. The summed E-state index contributed by atoms with van der Waals surface area (Å²) < 4.78 is 0. The molecule has 1 aliphatic heterocycles. The second-order valence-corrected chi connectivity index (χ2v) is 7.82. The zero-order valence-electron chi connectivity index (χ0n) is 13.6. The third kappa shape index (κ3) is 3.75. The van der Waals surface area contributed by atoms with Crippen molar-refractivity contribution in [3.05, 3.63) is 0 Å². The van der Waals surface area contributed by atoms with Gasteiger partial charge in [-0.3, -0.25) is 4.79 Å². The van der Waals surface area contributed by atoms with Crippen LogP contribution in [0.3, 0.4) is 0 Å². The van der Waals surface area contributed by atoms with Gasteiger partial charge in [0.15, 0.2) is 0 Å². The number of hydrogen-bond acceptors (Lipinski definition) is 2. The highest BCUT2D eigenvalue weighted by atomic mass is 16.2. The van der Waals surface area contributed by atoms with Crippen molar-refractivity contribution in [3.8, 4) is 0 Å². The van der Waals surface area contributed by atoms with Crippen LogP contribution in [0.4, 0.5) is 0 Å². The molecular formula is C17H32N2O. The van der Waals surface area contributed by atoms with Crippen LogP contribution in [0.15, 0.2) is 0 Å². The minimum absolute atomic E-state index is 0.248. The number of carbonyl (C=O) groups is 1. The van der Waals surface area contributed by atoms with Crippen LogP contribution in [0, 0.1) is 16.7 Å². The standard InChI is InChI=1S/C17H32N2O/c1-16(2,14-8-7-11-18-12-14)15(20)19-13-17(3)9-5-4-6-10-17/h14,18H,4-13H2,1-3H3,(H,19,20). The highest BCUT2D eigenvalue weighted by molar-refractivity contribution is 5.82. The van der Waals surface area contributed by atoms with Crippen LogP contribution in [0.2, 0.25) is 0 Å². The van der Waals surface area contributed by atoms with Crippen LogP contribution in [0.5, 0.6) is 0 Å². The van der Waals surface area contributed by atoms with E-state index >= 15 is 0 Å². The molecule has 1 saturated heterocycles. The average molecular weight is 280 g/mol. The molecule has 3 nitrogen and oxygen atoms in total. The quantitative estimate of drug-likeness (QED) is 0.831. The molecule has 1 saturated carbocycles. The van der Waals surface area contributed by atoms with E-state index in [4.69, 9.17) is 0 Å². The Hall–Kier alpha value is -0.570. The molecule has 3 heteroatoms. The molecule has 0 spiro atoms. The van der Waals surface area contributed by atoms with Gasteiger partial charge in [0.2, 0.25) is 5.91 Å². The number of rotatable bonds is 4. The Kier molecular flexibility index (Phi) is 5.11. The summed E-state index contributed by atoms with van der Waals surface area (Å²) in [5.74, 6) is 0.716. The molecule has 1 amide bonds. The first-order valence-electron chi connectivity index (χ1n) is 8.43. The molecule has 20 heavy (non-hydrogen) atoms. The van der Waals surface area contributed by atoms with Gasteiger partial charge in [0.25, 0.3) is 0 Å². The van der Waals surface area contributed by atoms with Gasteiger partial charge in [-0.05, 0) is 50.1 Å². The lowest BCUT2D eigenvalue weighted by atomic mass is 9.73. The average Bonchev–Trinajstić information content (AvgIpc) is 2.46. The monoisotopic (exact) mass is 280 g/mol. The first kappa shape index (κ1) is 15.8. The van der Waals surface area contributed by atoms with E-state index in [2.05, 4.69) is 31.4 Å². The van der Waals surface area contributed by atoms with Gasteiger partial charge in [0.1, 0.15) is 0 Å². The van der Waals surface area contributed by atoms with Crippen LogP contribution in [-0.4, -0.2) is 25.5 Å². The van der Waals surface area contributed by atoms with Crippen molar-refractivity contribution in [3.63, 3.8) is 0 Å². The molecule has 2 fully saturated rings. The van der Waals surface area contributed by atoms with Crippen molar-refractivity contribution in [2.75, 3.05) is 19.6 Å². The van der Waals surface area contributed by atoms with E-state index in [-0.39, 0.29) is 11.3 Å². The van der Waals surface area contributed by atoms with Crippen molar-refractivity contribution in [2.24, 2.45) is 16.7 Å². The van der Waals surface area contributed by atoms with Gasteiger partial charge in [-0.25, -0.2) is 0 Å². The summed E-state index contributed by atoms with van der Waals surface area (Å²) >= 11 is 0. The normalized spacial score (nSPS) is 27.1. The Balaban J connectivity index is 1.86. The van der Waals surface area contributed by atoms with E-state index in [0.717, 1.165) is 19.6 Å². The van der Waals surface area contributed by atoms with Gasteiger partial charge >= 0.3 is 0 Å². The van der Waals surface area contributed by atoms with E-state index in [1.165, 1.54) is 44.9 Å². The maximum Gasteiger partial charge on any atom is 0.226 e. The van der Waals surface area contributed by atoms with Crippen molar-refractivity contribution in [1.82, 2.24) is 10.6 Å². The van der Waals surface area contributed by atoms with E-state index in [1.54, 1.807) is 0 Å². The maximum absolute atomic E-state index is 12.6. The third-order valence-electron chi connectivity index (χ3n) is 5.64. The zero-order valence-corrected chi connectivity index (χ0v) is 13.6. The largest absolute Gasteiger partial charge is 0.355 e. The molecule has 0 aromatic heterocycles. The van der Waals surface area contributed by atoms with E-state index < -0.39 is 0 Å². The van der Waals surface area contributed by atoms with Crippen molar-refractivity contribution in [2.45, 2.75) is 65.7 Å². The highest BCUT2D eigenvalue weighted by Crippen LogP contribution is 2.36. The Morgan fingerprint density at radius 2 is 1.95 bits per heavy atom. The molecule has 2 N–H and O–H groups in total. The molecule has 0 aromatic rings. The molecule has 1 heterocycles. The van der Waals surface area contributed by atoms with Gasteiger partial charge in [-0.1, -0.05) is 40.0 Å². The molecule has 0 radical (unpaired) electrons. The predicted molar refractivity (Wildman–Crippen MR) is 83.6 cm³/mol. The first-order valence-corrected chi connectivity index (χ1v) is 8.43. The fraction of sp³-hybridized carbons (Fsp3) is 0.941. The van der Waals surface area contributed by atoms with Gasteiger partial charge < -0.3 is 10.6 Å². The summed E-state index contributed by atoms with van der Waals surface area (Å²) in [7, 11) is 0. The molecule has 0 aromatic carbocycles. The summed E-state index contributed by atoms with van der Waals surface area (Å²) in [6, 6.07) is 0. The lowest BCUT2D eigenvalue weighted by Gasteiger charge is -2.38. The lowest BCUT2D eigenvalue weighted by molar-refractivity contribution is -0.133. The fourth-order valence-corrected chi connectivity index (χ4v) is 3.76. The number of carbonyl (C=O) groups excluding carboxylic acids is 1. The number of amides is 1. The number of nitrogens with one attached hydrogen (secondary N) is 2. The summed E-state index contributed by atoms with van der Waals surface area (Å²) in [4.78, 5) is 12.6. The van der Waals surface area contributed by atoms with E-state index in [9.17, 15) is 4.79 Å². The zero-order chi connectivity index (χ0) is 14.6. The van der Waals surface area contributed by atoms with Gasteiger partial charge in [0, 0.05) is 12.0 Å². The van der Waals surface area contributed by atoms with Crippen LogP contribution >= 0.6 is 0 Å². The van der Waals surface area contributed by atoms with Crippen LogP contribution in [0.1, 0.15) is 65.7 Å². The van der Waals surface area contributed by atoms with Gasteiger partial charge in [-0.2, -0.15) is 0 Å². The summed E-state index contributed by atoms with van der Waals surface area (Å²) in [5.41, 5.74) is 0.0766. The predicted octanol–water partition coefficient (Wildman–Crippen LogP) is 3.10. The molecule has 2 rings (SSSR count). The van der Waals surface area contributed by atoms with Crippen molar-refractivity contribution in [1.29, 1.82) is 0 Å². The molecule has 1 aliphatic carbocycles. The molecule has 1 unspecified atom stereocenters. The van der Waals surface area contributed by atoms with Crippen molar-refractivity contribution >= 4 is 5.91 Å². The topological polar surface area (TPSA) is 41.1 Å². The molecule has 1 atom stereocenters. The fourth-order valence-electron chi connectivity index (χ4n) is 3.76. The Morgan fingerprint density at radius 1 is 1.25 bits per heavy atom. The SMILES string of the molecule is CC1(CNC(=O)C(C)(C)C2CCCNC2)CCCCC1. The molecular weight excluding hydrogens is 248 g/mol. The Bertz CT molecular complexity index is 326. The van der Waals surface area contributed by atoms with Crippen molar-refractivity contribution < 1.29 is 4.79 Å². The number of piperidine rings is 1. The first-order chi connectivity index (χ1) is 9.44. The van der Waals surface area contributed by atoms with Crippen LogP contribution in [-0.2, 0) is 4.79 Å². The van der Waals surface area contributed by atoms with Crippen LogP contribution < -0.4 is 10.6 Å². The highest BCUT2D eigenvalue weighted by Gasteiger charge is 2.38.